The Morgan fingerprint density at radius 1 is 1.13 bits per heavy atom. The first-order valence-electron chi connectivity index (χ1n) is 12.1. The number of aromatic nitrogens is 1. The third-order valence-corrected chi connectivity index (χ3v) is 7.11. The number of hydrogen-bond donors (Lipinski definition) is 1. The molecule has 0 radical (unpaired) electrons. The van der Waals surface area contributed by atoms with Gasteiger partial charge in [-0.2, -0.15) is 5.26 Å². The van der Waals surface area contributed by atoms with E-state index >= 15 is 0 Å². The minimum atomic E-state index is -0.597. The van der Waals surface area contributed by atoms with Gasteiger partial charge in [0.05, 0.1) is 16.8 Å². The number of hydrogen-bond acceptors (Lipinski definition) is 5. The fraction of sp³-hybridized carbons (Fsp3) is 0.167. The fourth-order valence-corrected chi connectivity index (χ4v) is 5.14. The quantitative estimate of drug-likeness (QED) is 0.346. The molecule has 6 nitrogen and oxygen atoms in total. The van der Waals surface area contributed by atoms with Crippen LogP contribution in [-0.2, 0) is 4.79 Å². The van der Waals surface area contributed by atoms with Crippen LogP contribution in [0.2, 0.25) is 5.02 Å². The van der Waals surface area contributed by atoms with Crippen LogP contribution in [0.15, 0.2) is 77.6 Å². The highest BCUT2D eigenvalue weighted by Crippen LogP contribution is 2.23. The van der Waals surface area contributed by atoms with Crippen molar-refractivity contribution in [1.82, 2.24) is 4.57 Å². The number of anilines is 1. The van der Waals surface area contributed by atoms with Crippen LogP contribution in [0.5, 0.6) is 5.75 Å². The molecule has 0 aliphatic rings. The van der Waals surface area contributed by atoms with Crippen molar-refractivity contribution in [3.8, 4) is 17.5 Å². The lowest BCUT2D eigenvalue weighted by Gasteiger charge is -2.08. The average Bonchev–Trinajstić information content (AvgIpc) is 3.22. The van der Waals surface area contributed by atoms with Crippen molar-refractivity contribution >= 4 is 46.2 Å². The summed E-state index contributed by atoms with van der Waals surface area (Å²) < 4.78 is 7.65. The molecule has 1 aromatic heterocycles. The maximum Gasteiger partial charge on any atom is 0.273 e. The van der Waals surface area contributed by atoms with Gasteiger partial charge in [0, 0.05) is 16.3 Å². The highest BCUT2D eigenvalue weighted by molar-refractivity contribution is 7.07. The van der Waals surface area contributed by atoms with Crippen molar-refractivity contribution in [2.45, 2.75) is 26.7 Å². The second-order valence-corrected chi connectivity index (χ2v) is 10.2. The Hall–Kier alpha value is -4.12. The van der Waals surface area contributed by atoms with Crippen LogP contribution in [0.4, 0.5) is 5.69 Å². The van der Waals surface area contributed by atoms with Crippen molar-refractivity contribution < 1.29 is 9.53 Å². The van der Waals surface area contributed by atoms with Gasteiger partial charge in [0.25, 0.3) is 11.5 Å². The largest absolute Gasteiger partial charge is 0.493 e. The van der Waals surface area contributed by atoms with E-state index in [0.29, 0.717) is 44.8 Å². The molecule has 38 heavy (non-hydrogen) atoms. The first kappa shape index (κ1) is 26.9. The predicted octanol–water partition coefficient (Wildman–Crippen LogP) is 5.22. The molecular weight excluding hydrogens is 518 g/mol. The molecule has 0 bridgehead atoms. The van der Waals surface area contributed by atoms with Gasteiger partial charge < -0.3 is 10.1 Å². The van der Waals surface area contributed by atoms with Gasteiger partial charge in [-0.05, 0) is 66.9 Å². The lowest BCUT2D eigenvalue weighted by Crippen LogP contribution is -2.32. The average molecular weight is 544 g/mol. The fourth-order valence-electron chi connectivity index (χ4n) is 3.86. The van der Waals surface area contributed by atoms with Crippen LogP contribution in [0.3, 0.4) is 0 Å². The Bertz CT molecular complexity index is 1680. The zero-order valence-electron chi connectivity index (χ0n) is 21.2. The van der Waals surface area contributed by atoms with Crippen LogP contribution >= 0.6 is 22.9 Å². The van der Waals surface area contributed by atoms with Crippen molar-refractivity contribution in [1.29, 1.82) is 5.26 Å². The molecule has 0 aliphatic carbocycles. The molecule has 0 unspecified atom stereocenters. The lowest BCUT2D eigenvalue weighted by atomic mass is 10.0. The van der Waals surface area contributed by atoms with Gasteiger partial charge in [0.1, 0.15) is 16.5 Å². The van der Waals surface area contributed by atoms with Crippen molar-refractivity contribution in [3.63, 3.8) is 0 Å². The zero-order valence-corrected chi connectivity index (χ0v) is 22.8. The number of rotatable bonds is 7. The second kappa shape index (κ2) is 12.0. The topological polar surface area (TPSA) is 84.1 Å². The molecule has 1 amide bonds. The van der Waals surface area contributed by atoms with Crippen LogP contribution in [0.25, 0.3) is 17.3 Å². The van der Waals surface area contributed by atoms with E-state index in [0.717, 1.165) is 16.9 Å². The normalized spacial score (nSPS) is 12.3. The molecule has 0 spiro atoms. The van der Waals surface area contributed by atoms with Crippen LogP contribution in [0.1, 0.15) is 37.8 Å². The Morgan fingerprint density at radius 2 is 1.84 bits per heavy atom. The van der Waals surface area contributed by atoms with E-state index in [2.05, 4.69) is 19.2 Å². The second-order valence-electron chi connectivity index (χ2n) is 8.72. The molecule has 0 saturated heterocycles. The molecule has 8 heteroatoms. The number of carbonyl (C=O) groups excluding carboxylic acids is 1. The third-order valence-electron chi connectivity index (χ3n) is 5.78. The van der Waals surface area contributed by atoms with Gasteiger partial charge in [-0.25, -0.2) is 0 Å². The number of carbonyl (C=O) groups is 1. The van der Waals surface area contributed by atoms with Gasteiger partial charge >= 0.3 is 0 Å². The number of nitrogens with zero attached hydrogens (tertiary/aromatic N) is 2. The van der Waals surface area contributed by atoms with Gasteiger partial charge in [-0.15, -0.1) is 11.3 Å². The van der Waals surface area contributed by atoms with Gasteiger partial charge in [0.15, 0.2) is 5.57 Å². The van der Waals surface area contributed by atoms with E-state index < -0.39 is 5.91 Å². The Kier molecular flexibility index (Phi) is 8.47. The first-order chi connectivity index (χ1) is 18.3. The number of thiazole rings is 1. The summed E-state index contributed by atoms with van der Waals surface area (Å²) in [5.41, 5.74) is 2.33. The Balaban J connectivity index is 1.91. The van der Waals surface area contributed by atoms with Crippen molar-refractivity contribution in [2.24, 2.45) is 0 Å². The predicted molar refractivity (Wildman–Crippen MR) is 154 cm³/mol. The van der Waals surface area contributed by atoms with Gasteiger partial charge in [-0.1, -0.05) is 55.8 Å². The summed E-state index contributed by atoms with van der Waals surface area (Å²) in [6.45, 7) is 6.48. The number of halogens is 1. The molecule has 1 heterocycles. The summed E-state index contributed by atoms with van der Waals surface area (Å²) in [5.74, 6) is 0.328. The molecule has 192 valence electrons. The molecule has 0 saturated carbocycles. The van der Waals surface area contributed by atoms with E-state index in [-0.39, 0.29) is 15.8 Å². The summed E-state index contributed by atoms with van der Waals surface area (Å²) in [5, 5.41) is 13.3. The monoisotopic (exact) mass is 543 g/mol. The van der Waals surface area contributed by atoms with E-state index in [4.69, 9.17) is 16.3 Å². The number of amides is 1. The molecule has 0 fully saturated rings. The zero-order chi connectivity index (χ0) is 27.2. The first-order valence-corrected chi connectivity index (χ1v) is 13.3. The standard InChI is InChI=1S/C30H26ClN3O3S/c1-4-37-26-15-12-22(31)16-21(26)17-27-29(36)34(24-8-6-5-7-9-24)30(38-27)25(18-32)28(35)33-23-13-10-20(11-14-23)19(2)3/h5-17,19H,4H2,1-3H3,(H,33,35)/b27-17+,30-25+. The molecule has 4 rings (SSSR count). The summed E-state index contributed by atoms with van der Waals surface area (Å²) in [6.07, 6.45) is 1.67. The van der Waals surface area contributed by atoms with Crippen molar-refractivity contribution in [3.05, 3.63) is 108 Å². The maximum absolute atomic E-state index is 13.7. The van der Waals surface area contributed by atoms with E-state index in [1.54, 1.807) is 60.7 Å². The van der Waals surface area contributed by atoms with Crippen LogP contribution in [0, 0.1) is 11.3 Å². The minimum Gasteiger partial charge on any atom is -0.493 e. The Labute approximate surface area is 229 Å². The van der Waals surface area contributed by atoms with E-state index in [9.17, 15) is 14.9 Å². The smallest absolute Gasteiger partial charge is 0.273 e. The van der Waals surface area contributed by atoms with E-state index in [1.165, 1.54) is 4.57 Å². The summed E-state index contributed by atoms with van der Waals surface area (Å²) in [4.78, 5) is 26.9. The highest BCUT2D eigenvalue weighted by Gasteiger charge is 2.18. The van der Waals surface area contributed by atoms with E-state index in [1.807, 2.05) is 31.2 Å². The summed E-state index contributed by atoms with van der Waals surface area (Å²) >= 11 is 7.28. The SMILES string of the molecule is CCOc1ccc(Cl)cc1/C=c1/s/c(=C(\C#N)C(=O)Nc2ccc(C(C)C)cc2)n(-c2ccccc2)c1=O. The third kappa shape index (κ3) is 5.88. The maximum atomic E-state index is 13.7. The summed E-state index contributed by atoms with van der Waals surface area (Å²) in [7, 11) is 0. The molecule has 1 N–H and O–H groups in total. The minimum absolute atomic E-state index is 0.167. The Morgan fingerprint density at radius 3 is 2.47 bits per heavy atom. The summed E-state index contributed by atoms with van der Waals surface area (Å²) in [6, 6.07) is 23.6. The van der Waals surface area contributed by atoms with Gasteiger partial charge in [0.2, 0.25) is 0 Å². The number of nitrogens with one attached hydrogen (secondary N) is 1. The van der Waals surface area contributed by atoms with Crippen molar-refractivity contribution in [2.75, 3.05) is 11.9 Å². The molecular formula is C30H26ClN3O3S. The number of para-hydroxylation sites is 1. The number of ether oxygens (including phenoxy) is 1. The number of nitriles is 1. The van der Waals surface area contributed by atoms with Gasteiger partial charge in [-0.3, -0.25) is 14.2 Å². The number of benzene rings is 3. The molecule has 4 aromatic rings. The molecule has 3 aromatic carbocycles. The molecule has 0 atom stereocenters. The lowest BCUT2D eigenvalue weighted by molar-refractivity contribution is -0.111. The van der Waals surface area contributed by atoms with Crippen LogP contribution < -0.4 is 24.8 Å². The van der Waals surface area contributed by atoms with Crippen LogP contribution in [-0.4, -0.2) is 17.1 Å². The molecule has 0 aliphatic heterocycles. The highest BCUT2D eigenvalue weighted by atomic mass is 35.5.